The number of hydrogen-bond acceptors (Lipinski definition) is 5. The van der Waals surface area contributed by atoms with E-state index in [2.05, 4.69) is 5.32 Å². The van der Waals surface area contributed by atoms with E-state index in [0.717, 1.165) is 0 Å². The van der Waals surface area contributed by atoms with Crippen molar-refractivity contribution in [2.45, 2.75) is 6.92 Å². The van der Waals surface area contributed by atoms with Gasteiger partial charge in [0.15, 0.2) is 0 Å². The Hall–Kier alpha value is -2.48. The monoisotopic (exact) mass is 369 g/mol. The Morgan fingerprint density at radius 3 is 2.08 bits per heavy atom. The van der Waals surface area contributed by atoms with E-state index in [-0.39, 0.29) is 11.6 Å². The number of methoxy groups -OCH3 is 2. The Labute approximate surface area is 150 Å². The Bertz CT molecular complexity index is 687. The number of ether oxygens (including phenoxy) is 2. The van der Waals surface area contributed by atoms with Gasteiger partial charge in [-0.3, -0.25) is 14.4 Å². The minimum atomic E-state index is -0.793. The van der Waals surface area contributed by atoms with E-state index >= 15 is 0 Å². The quantitative estimate of drug-likeness (QED) is 0.803. The summed E-state index contributed by atoms with van der Waals surface area (Å²) in [7, 11) is 2.87. The molecule has 136 valence electrons. The lowest BCUT2D eigenvalue weighted by atomic mass is 10.2. The van der Waals surface area contributed by atoms with Gasteiger partial charge in [-0.1, -0.05) is 11.6 Å². The second-order valence-corrected chi connectivity index (χ2v) is 5.85. The Morgan fingerprint density at radius 2 is 1.56 bits per heavy atom. The molecule has 0 saturated carbocycles. The molecule has 0 bridgehead atoms. The van der Waals surface area contributed by atoms with Crippen LogP contribution in [0.1, 0.15) is 6.92 Å². The molecule has 0 spiro atoms. The van der Waals surface area contributed by atoms with E-state index in [1.54, 1.807) is 4.90 Å². The molecule has 3 amide bonds. The fourth-order valence-electron chi connectivity index (χ4n) is 2.50. The van der Waals surface area contributed by atoms with Gasteiger partial charge in [0, 0.05) is 45.2 Å². The predicted octanol–water partition coefficient (Wildman–Crippen LogP) is 0.986. The molecular formula is C16H20ClN3O5. The number of nitrogens with one attached hydrogen (secondary N) is 1. The summed E-state index contributed by atoms with van der Waals surface area (Å²) in [6, 6.07) is 2.98. The molecule has 1 fully saturated rings. The summed E-state index contributed by atoms with van der Waals surface area (Å²) in [5.74, 6) is -0.846. The number of rotatable bonds is 3. The third kappa shape index (κ3) is 4.33. The number of anilines is 1. The molecule has 1 heterocycles. The Morgan fingerprint density at radius 1 is 1.00 bits per heavy atom. The van der Waals surface area contributed by atoms with Crippen LogP contribution in [0.5, 0.6) is 11.5 Å². The van der Waals surface area contributed by atoms with Gasteiger partial charge in [-0.05, 0) is 0 Å². The van der Waals surface area contributed by atoms with Gasteiger partial charge in [-0.25, -0.2) is 0 Å². The van der Waals surface area contributed by atoms with E-state index in [1.807, 2.05) is 0 Å². The van der Waals surface area contributed by atoms with Crippen molar-refractivity contribution in [2.24, 2.45) is 0 Å². The SMILES string of the molecule is COc1cc(NC(=O)C(=O)N2CCN(C(C)=O)CC2)c(OC)cc1Cl. The minimum absolute atomic E-state index is 0.0467. The number of carbonyl (C=O) groups excluding carboxylic acids is 3. The standard InChI is InChI=1S/C16H20ClN3O5/c1-10(21)19-4-6-20(7-5-19)16(23)15(22)18-12-9-13(24-2)11(17)8-14(12)25-3/h8-9H,4-7H2,1-3H3,(H,18,22). The molecule has 0 unspecified atom stereocenters. The first-order chi connectivity index (χ1) is 11.9. The molecule has 0 aliphatic carbocycles. The van der Waals surface area contributed by atoms with Gasteiger partial charge in [0.2, 0.25) is 5.91 Å². The summed E-state index contributed by atoms with van der Waals surface area (Å²) in [4.78, 5) is 38.9. The van der Waals surface area contributed by atoms with Crippen molar-refractivity contribution in [3.05, 3.63) is 17.2 Å². The maximum absolute atomic E-state index is 12.3. The van der Waals surface area contributed by atoms with E-state index < -0.39 is 11.8 Å². The fourth-order valence-corrected chi connectivity index (χ4v) is 2.73. The first-order valence-electron chi connectivity index (χ1n) is 7.64. The van der Waals surface area contributed by atoms with Crippen LogP contribution in [0.15, 0.2) is 12.1 Å². The lowest BCUT2D eigenvalue weighted by molar-refractivity contribution is -0.145. The molecule has 0 aromatic heterocycles. The van der Waals surface area contributed by atoms with E-state index in [9.17, 15) is 14.4 Å². The fraction of sp³-hybridized carbons (Fsp3) is 0.438. The molecule has 0 radical (unpaired) electrons. The van der Waals surface area contributed by atoms with Gasteiger partial charge in [0.25, 0.3) is 0 Å². The van der Waals surface area contributed by atoms with Gasteiger partial charge in [-0.2, -0.15) is 0 Å². The summed E-state index contributed by atoms with van der Waals surface area (Å²) in [6.45, 7) is 2.92. The van der Waals surface area contributed by atoms with Crippen LogP contribution in [0.25, 0.3) is 0 Å². The maximum atomic E-state index is 12.3. The lowest BCUT2D eigenvalue weighted by Crippen LogP contribution is -2.52. The average molecular weight is 370 g/mol. The average Bonchev–Trinajstić information content (AvgIpc) is 2.62. The van der Waals surface area contributed by atoms with Crippen molar-refractivity contribution in [1.29, 1.82) is 0 Å². The van der Waals surface area contributed by atoms with Gasteiger partial charge < -0.3 is 24.6 Å². The Kier molecular flexibility index (Phi) is 6.08. The summed E-state index contributed by atoms with van der Waals surface area (Å²) in [6.07, 6.45) is 0. The molecule has 2 rings (SSSR count). The highest BCUT2D eigenvalue weighted by Crippen LogP contribution is 2.35. The molecule has 1 saturated heterocycles. The number of amides is 3. The highest BCUT2D eigenvalue weighted by molar-refractivity contribution is 6.40. The zero-order valence-electron chi connectivity index (χ0n) is 14.3. The van der Waals surface area contributed by atoms with Crippen molar-refractivity contribution in [3.8, 4) is 11.5 Å². The lowest BCUT2D eigenvalue weighted by Gasteiger charge is -2.33. The van der Waals surface area contributed by atoms with Crippen molar-refractivity contribution < 1.29 is 23.9 Å². The predicted molar refractivity (Wildman–Crippen MR) is 92.0 cm³/mol. The largest absolute Gasteiger partial charge is 0.495 e. The normalized spacial score (nSPS) is 14.1. The van der Waals surface area contributed by atoms with E-state index in [1.165, 1.54) is 38.2 Å². The van der Waals surface area contributed by atoms with Crippen LogP contribution in [0.2, 0.25) is 5.02 Å². The number of piperazine rings is 1. The number of hydrogen-bond donors (Lipinski definition) is 1. The van der Waals surface area contributed by atoms with Gasteiger partial charge in [0.1, 0.15) is 11.5 Å². The molecule has 1 aliphatic rings. The van der Waals surface area contributed by atoms with Gasteiger partial charge in [-0.15, -0.1) is 0 Å². The minimum Gasteiger partial charge on any atom is -0.495 e. The zero-order valence-corrected chi connectivity index (χ0v) is 15.1. The van der Waals surface area contributed by atoms with Crippen molar-refractivity contribution in [1.82, 2.24) is 9.80 Å². The highest BCUT2D eigenvalue weighted by atomic mass is 35.5. The summed E-state index contributed by atoms with van der Waals surface area (Å²) in [5.41, 5.74) is 0.282. The van der Waals surface area contributed by atoms with Crippen LogP contribution in [0.3, 0.4) is 0 Å². The first-order valence-corrected chi connectivity index (χ1v) is 8.02. The first kappa shape index (κ1) is 18.9. The molecular weight excluding hydrogens is 350 g/mol. The zero-order chi connectivity index (χ0) is 18.6. The third-order valence-electron chi connectivity index (χ3n) is 3.93. The number of nitrogens with zero attached hydrogens (tertiary/aromatic N) is 2. The van der Waals surface area contributed by atoms with E-state index in [0.29, 0.717) is 42.7 Å². The van der Waals surface area contributed by atoms with Crippen LogP contribution in [-0.4, -0.2) is 67.9 Å². The molecule has 1 aliphatic heterocycles. The van der Waals surface area contributed by atoms with Crippen molar-refractivity contribution >= 4 is 35.0 Å². The number of benzene rings is 1. The number of carbonyl (C=O) groups is 3. The second-order valence-electron chi connectivity index (χ2n) is 5.44. The van der Waals surface area contributed by atoms with Crippen LogP contribution < -0.4 is 14.8 Å². The van der Waals surface area contributed by atoms with Crippen LogP contribution in [0.4, 0.5) is 5.69 Å². The van der Waals surface area contributed by atoms with Crippen LogP contribution in [-0.2, 0) is 14.4 Å². The molecule has 1 N–H and O–H groups in total. The topological polar surface area (TPSA) is 88.2 Å². The van der Waals surface area contributed by atoms with E-state index in [4.69, 9.17) is 21.1 Å². The van der Waals surface area contributed by atoms with Crippen LogP contribution in [0, 0.1) is 0 Å². The smallest absolute Gasteiger partial charge is 0.314 e. The molecule has 1 aromatic rings. The Balaban J connectivity index is 2.07. The molecule has 0 atom stereocenters. The molecule has 1 aromatic carbocycles. The summed E-state index contributed by atoms with van der Waals surface area (Å²) < 4.78 is 10.3. The molecule has 8 nitrogen and oxygen atoms in total. The summed E-state index contributed by atoms with van der Waals surface area (Å²) in [5, 5.41) is 2.84. The third-order valence-corrected chi connectivity index (χ3v) is 4.22. The second kappa shape index (κ2) is 8.06. The molecule has 25 heavy (non-hydrogen) atoms. The number of halogens is 1. The maximum Gasteiger partial charge on any atom is 0.314 e. The summed E-state index contributed by atoms with van der Waals surface area (Å²) >= 11 is 6.02. The van der Waals surface area contributed by atoms with Crippen molar-refractivity contribution in [3.63, 3.8) is 0 Å². The van der Waals surface area contributed by atoms with Crippen LogP contribution >= 0.6 is 11.6 Å². The van der Waals surface area contributed by atoms with Gasteiger partial charge in [0.05, 0.1) is 24.9 Å². The van der Waals surface area contributed by atoms with Crippen molar-refractivity contribution in [2.75, 3.05) is 45.7 Å². The highest BCUT2D eigenvalue weighted by Gasteiger charge is 2.27. The molecule has 9 heteroatoms. The van der Waals surface area contributed by atoms with Gasteiger partial charge >= 0.3 is 11.8 Å².